The molecule has 5 nitrogen and oxygen atoms in total. The molecule has 3 heterocycles. The second-order valence-electron chi connectivity index (χ2n) is 6.06. The SMILES string of the molecule is O=C(c1ccco1)N1CCC[C@]2(CCN(CCO)C2)C1. The monoisotopic (exact) mass is 278 g/mol. The number of hydrogen-bond acceptors (Lipinski definition) is 4. The molecule has 0 aromatic carbocycles. The first-order valence-electron chi connectivity index (χ1n) is 7.38. The minimum Gasteiger partial charge on any atom is -0.459 e. The average molecular weight is 278 g/mol. The summed E-state index contributed by atoms with van der Waals surface area (Å²) in [7, 11) is 0. The Labute approximate surface area is 119 Å². The molecule has 5 heteroatoms. The van der Waals surface area contributed by atoms with Gasteiger partial charge >= 0.3 is 0 Å². The molecule has 1 spiro atoms. The van der Waals surface area contributed by atoms with Gasteiger partial charge in [0.2, 0.25) is 0 Å². The summed E-state index contributed by atoms with van der Waals surface area (Å²) in [6.07, 6.45) is 4.90. The summed E-state index contributed by atoms with van der Waals surface area (Å²) >= 11 is 0. The van der Waals surface area contributed by atoms with Gasteiger partial charge in [0.25, 0.3) is 5.91 Å². The zero-order chi connectivity index (χ0) is 14.0. The molecule has 0 bridgehead atoms. The van der Waals surface area contributed by atoms with Crippen LogP contribution < -0.4 is 0 Å². The molecule has 2 aliphatic rings. The third kappa shape index (κ3) is 2.60. The molecule has 1 aromatic rings. The summed E-state index contributed by atoms with van der Waals surface area (Å²) in [5.41, 5.74) is 0.218. The normalized spacial score (nSPS) is 27.4. The van der Waals surface area contributed by atoms with Crippen LogP contribution in [0, 0.1) is 5.41 Å². The molecular weight excluding hydrogens is 256 g/mol. The molecule has 0 radical (unpaired) electrons. The van der Waals surface area contributed by atoms with Crippen LogP contribution in [0.4, 0.5) is 0 Å². The molecular formula is C15H22N2O3. The second-order valence-corrected chi connectivity index (χ2v) is 6.06. The Hall–Kier alpha value is -1.33. The van der Waals surface area contributed by atoms with Gasteiger partial charge in [0.1, 0.15) is 0 Å². The number of carbonyl (C=O) groups is 1. The lowest BCUT2D eigenvalue weighted by atomic mass is 9.79. The van der Waals surface area contributed by atoms with Gasteiger partial charge in [0, 0.05) is 31.6 Å². The van der Waals surface area contributed by atoms with Gasteiger partial charge in [0.15, 0.2) is 5.76 Å². The maximum absolute atomic E-state index is 12.4. The van der Waals surface area contributed by atoms with Crippen molar-refractivity contribution in [3.8, 4) is 0 Å². The molecule has 1 aromatic heterocycles. The standard InChI is InChI=1S/C15H22N2O3/c18-9-8-16-7-5-15(11-16)4-2-6-17(12-15)14(19)13-3-1-10-20-13/h1,3,10,18H,2,4-9,11-12H2/t15-/m1/s1. The summed E-state index contributed by atoms with van der Waals surface area (Å²) in [4.78, 5) is 16.6. The third-order valence-corrected chi connectivity index (χ3v) is 4.61. The minimum atomic E-state index is 0.00897. The number of nitrogens with zero attached hydrogens (tertiary/aromatic N) is 2. The third-order valence-electron chi connectivity index (χ3n) is 4.61. The first-order chi connectivity index (χ1) is 9.72. The topological polar surface area (TPSA) is 56.9 Å². The van der Waals surface area contributed by atoms with Crippen LogP contribution in [0.25, 0.3) is 0 Å². The lowest BCUT2D eigenvalue weighted by Gasteiger charge is -2.40. The molecule has 0 unspecified atom stereocenters. The minimum absolute atomic E-state index is 0.00897. The Balaban J connectivity index is 1.66. The summed E-state index contributed by atoms with van der Waals surface area (Å²) < 4.78 is 5.22. The van der Waals surface area contributed by atoms with E-state index in [0.29, 0.717) is 5.76 Å². The average Bonchev–Trinajstić information content (AvgIpc) is 3.09. The maximum atomic E-state index is 12.4. The molecule has 110 valence electrons. The van der Waals surface area contributed by atoms with Crippen molar-refractivity contribution in [1.82, 2.24) is 9.80 Å². The zero-order valence-corrected chi connectivity index (χ0v) is 11.8. The van der Waals surface area contributed by atoms with Crippen LogP contribution >= 0.6 is 0 Å². The number of aliphatic hydroxyl groups excluding tert-OH is 1. The molecule has 1 amide bonds. The van der Waals surface area contributed by atoms with E-state index in [2.05, 4.69) is 4.90 Å². The lowest BCUT2D eigenvalue weighted by Crippen LogP contribution is -2.47. The van der Waals surface area contributed by atoms with Crippen molar-refractivity contribution < 1.29 is 14.3 Å². The Bertz CT molecular complexity index is 460. The smallest absolute Gasteiger partial charge is 0.289 e. The van der Waals surface area contributed by atoms with Crippen LogP contribution in [-0.2, 0) is 0 Å². The van der Waals surface area contributed by atoms with E-state index in [4.69, 9.17) is 9.52 Å². The fourth-order valence-corrected chi connectivity index (χ4v) is 3.63. The van der Waals surface area contributed by atoms with Crippen molar-refractivity contribution in [3.05, 3.63) is 24.2 Å². The predicted octanol–water partition coefficient (Wildman–Crippen LogP) is 1.20. The van der Waals surface area contributed by atoms with Crippen molar-refractivity contribution >= 4 is 5.91 Å². The molecule has 20 heavy (non-hydrogen) atoms. The van der Waals surface area contributed by atoms with Gasteiger partial charge in [0.05, 0.1) is 12.9 Å². The van der Waals surface area contributed by atoms with Crippen molar-refractivity contribution in [1.29, 1.82) is 0 Å². The van der Waals surface area contributed by atoms with Gasteiger partial charge in [-0.05, 0) is 37.9 Å². The summed E-state index contributed by atoms with van der Waals surface area (Å²) in [6.45, 7) is 4.62. The Morgan fingerprint density at radius 3 is 3.00 bits per heavy atom. The highest BCUT2D eigenvalue weighted by atomic mass is 16.3. The van der Waals surface area contributed by atoms with Gasteiger partial charge in [-0.1, -0.05) is 0 Å². The van der Waals surface area contributed by atoms with E-state index in [0.717, 1.165) is 45.6 Å². The van der Waals surface area contributed by atoms with E-state index in [1.165, 1.54) is 6.42 Å². The van der Waals surface area contributed by atoms with E-state index in [9.17, 15) is 4.79 Å². The summed E-state index contributed by atoms with van der Waals surface area (Å²) in [6, 6.07) is 3.49. The van der Waals surface area contributed by atoms with E-state index in [1.807, 2.05) is 4.90 Å². The van der Waals surface area contributed by atoms with E-state index >= 15 is 0 Å². The highest BCUT2D eigenvalue weighted by Gasteiger charge is 2.42. The van der Waals surface area contributed by atoms with Crippen LogP contribution in [0.1, 0.15) is 29.8 Å². The van der Waals surface area contributed by atoms with Crippen LogP contribution in [-0.4, -0.2) is 60.1 Å². The van der Waals surface area contributed by atoms with Crippen molar-refractivity contribution in [2.24, 2.45) is 5.41 Å². The number of rotatable bonds is 3. The first kappa shape index (κ1) is 13.6. The Morgan fingerprint density at radius 1 is 1.35 bits per heavy atom. The van der Waals surface area contributed by atoms with Crippen molar-refractivity contribution in [3.63, 3.8) is 0 Å². The fourth-order valence-electron chi connectivity index (χ4n) is 3.63. The maximum Gasteiger partial charge on any atom is 0.289 e. The first-order valence-corrected chi connectivity index (χ1v) is 7.38. The molecule has 2 saturated heterocycles. The number of β-amino-alcohol motifs (C(OH)–C–C–N with tert-alkyl or cyclic N) is 1. The number of aliphatic hydroxyl groups is 1. The van der Waals surface area contributed by atoms with Gasteiger partial charge in [-0.3, -0.25) is 4.79 Å². The summed E-state index contributed by atoms with van der Waals surface area (Å²) in [5, 5.41) is 9.06. The summed E-state index contributed by atoms with van der Waals surface area (Å²) in [5.74, 6) is 0.446. The number of furan rings is 1. The second kappa shape index (κ2) is 5.58. The van der Waals surface area contributed by atoms with Gasteiger partial charge in [-0.2, -0.15) is 0 Å². The Kier molecular flexibility index (Phi) is 3.81. The molecule has 1 N–H and O–H groups in total. The number of carbonyl (C=O) groups excluding carboxylic acids is 1. The van der Waals surface area contributed by atoms with E-state index < -0.39 is 0 Å². The highest BCUT2D eigenvalue weighted by Crippen LogP contribution is 2.39. The molecule has 2 aliphatic heterocycles. The largest absolute Gasteiger partial charge is 0.459 e. The van der Waals surface area contributed by atoms with Crippen LogP contribution in [0.3, 0.4) is 0 Å². The number of likely N-dealkylation sites (tertiary alicyclic amines) is 2. The molecule has 0 aliphatic carbocycles. The van der Waals surface area contributed by atoms with Gasteiger partial charge in [-0.25, -0.2) is 0 Å². The quantitative estimate of drug-likeness (QED) is 0.902. The molecule has 0 saturated carbocycles. The number of hydrogen-bond donors (Lipinski definition) is 1. The van der Waals surface area contributed by atoms with Crippen LogP contribution in [0.15, 0.2) is 22.8 Å². The van der Waals surface area contributed by atoms with Gasteiger partial charge in [-0.15, -0.1) is 0 Å². The lowest BCUT2D eigenvalue weighted by molar-refractivity contribution is 0.0495. The van der Waals surface area contributed by atoms with Gasteiger partial charge < -0.3 is 19.3 Å². The Morgan fingerprint density at radius 2 is 2.25 bits per heavy atom. The van der Waals surface area contributed by atoms with Crippen LogP contribution in [0.5, 0.6) is 0 Å². The van der Waals surface area contributed by atoms with E-state index in [1.54, 1.807) is 18.4 Å². The van der Waals surface area contributed by atoms with Crippen molar-refractivity contribution in [2.75, 3.05) is 39.3 Å². The molecule has 1 atom stereocenters. The highest BCUT2D eigenvalue weighted by molar-refractivity contribution is 5.91. The van der Waals surface area contributed by atoms with Crippen molar-refractivity contribution in [2.45, 2.75) is 19.3 Å². The molecule has 2 fully saturated rings. The zero-order valence-electron chi connectivity index (χ0n) is 11.8. The predicted molar refractivity (Wildman–Crippen MR) is 74.4 cm³/mol. The number of piperidine rings is 1. The fraction of sp³-hybridized carbons (Fsp3) is 0.667. The van der Waals surface area contributed by atoms with E-state index in [-0.39, 0.29) is 17.9 Å². The molecule has 3 rings (SSSR count). The number of amides is 1. The van der Waals surface area contributed by atoms with Crippen LogP contribution in [0.2, 0.25) is 0 Å².